The van der Waals surface area contributed by atoms with Gasteiger partial charge in [0, 0.05) is 21.8 Å². The second-order valence-corrected chi connectivity index (χ2v) is 7.75. The molecule has 0 aliphatic rings. The average molecular weight is 437 g/mol. The first kappa shape index (κ1) is 22.2. The van der Waals surface area contributed by atoms with Crippen molar-refractivity contribution in [3.05, 3.63) is 77.9 Å². The molecule has 0 fully saturated rings. The van der Waals surface area contributed by atoms with E-state index < -0.39 is 0 Å². The number of anilines is 2. The molecular weight excluding hydrogens is 412 g/mol. The fourth-order valence-electron chi connectivity index (χ4n) is 2.89. The lowest BCUT2D eigenvalue weighted by molar-refractivity contribution is -0.113. The molecule has 7 heteroatoms. The molecule has 0 atom stereocenters. The van der Waals surface area contributed by atoms with Crippen LogP contribution in [0.1, 0.15) is 15.9 Å². The summed E-state index contributed by atoms with van der Waals surface area (Å²) in [7, 11) is 3.07. The summed E-state index contributed by atoms with van der Waals surface area (Å²) in [5.41, 5.74) is 2.92. The van der Waals surface area contributed by atoms with Gasteiger partial charge in [-0.3, -0.25) is 9.59 Å². The Morgan fingerprint density at radius 2 is 1.65 bits per heavy atom. The maximum absolute atomic E-state index is 12.6. The van der Waals surface area contributed by atoms with Crippen LogP contribution in [0.25, 0.3) is 0 Å². The molecule has 160 valence electrons. The smallest absolute Gasteiger partial charge is 0.255 e. The normalized spacial score (nSPS) is 10.3. The van der Waals surface area contributed by atoms with E-state index in [0.29, 0.717) is 22.7 Å². The summed E-state index contributed by atoms with van der Waals surface area (Å²) in [4.78, 5) is 25.8. The third kappa shape index (κ3) is 6.02. The van der Waals surface area contributed by atoms with Gasteiger partial charge in [0.1, 0.15) is 0 Å². The fourth-order valence-corrected chi connectivity index (χ4v) is 3.65. The lowest BCUT2D eigenvalue weighted by Crippen LogP contribution is -2.14. The van der Waals surface area contributed by atoms with E-state index >= 15 is 0 Å². The molecule has 0 aromatic heterocycles. The first-order chi connectivity index (χ1) is 15.0. The number of carbonyl (C=O) groups is 2. The number of methoxy groups -OCH3 is 2. The number of thioether (sulfide) groups is 1. The van der Waals surface area contributed by atoms with Crippen molar-refractivity contribution in [2.24, 2.45) is 0 Å². The van der Waals surface area contributed by atoms with Crippen molar-refractivity contribution in [2.45, 2.75) is 11.8 Å². The summed E-state index contributed by atoms with van der Waals surface area (Å²) in [5, 5.41) is 5.79. The van der Waals surface area contributed by atoms with Gasteiger partial charge in [-0.1, -0.05) is 24.3 Å². The standard InChI is InChI=1S/C24H24N2O4S/c1-16-7-4-5-10-20(16)26-23(27)15-31-19-9-6-8-18(14-19)25-24(28)17-11-12-21(29-2)22(13-17)30-3/h4-14H,15H2,1-3H3,(H,25,28)(H,26,27). The molecule has 6 nitrogen and oxygen atoms in total. The van der Waals surface area contributed by atoms with Crippen LogP contribution in [0.15, 0.2) is 71.6 Å². The quantitative estimate of drug-likeness (QED) is 0.486. The molecule has 0 saturated heterocycles. The van der Waals surface area contributed by atoms with Gasteiger partial charge in [-0.25, -0.2) is 0 Å². The summed E-state index contributed by atoms with van der Waals surface area (Å²) in [6.07, 6.45) is 0. The molecule has 0 unspecified atom stereocenters. The van der Waals surface area contributed by atoms with E-state index in [-0.39, 0.29) is 17.6 Å². The first-order valence-corrected chi connectivity index (χ1v) is 10.6. The average Bonchev–Trinajstić information content (AvgIpc) is 2.79. The molecule has 0 radical (unpaired) electrons. The molecule has 0 spiro atoms. The van der Waals surface area contributed by atoms with E-state index in [1.165, 1.54) is 18.9 Å². The van der Waals surface area contributed by atoms with Crippen LogP contribution < -0.4 is 20.1 Å². The highest BCUT2D eigenvalue weighted by Crippen LogP contribution is 2.28. The minimum absolute atomic E-state index is 0.0842. The van der Waals surface area contributed by atoms with Gasteiger partial charge >= 0.3 is 0 Å². The van der Waals surface area contributed by atoms with Crippen molar-refractivity contribution in [2.75, 3.05) is 30.6 Å². The van der Waals surface area contributed by atoms with Crippen LogP contribution in [0.3, 0.4) is 0 Å². The number of amides is 2. The van der Waals surface area contributed by atoms with Crippen LogP contribution in [0.5, 0.6) is 11.5 Å². The Hall–Kier alpha value is -3.45. The lowest BCUT2D eigenvalue weighted by atomic mass is 10.2. The van der Waals surface area contributed by atoms with Gasteiger partial charge in [-0.2, -0.15) is 0 Å². The fraction of sp³-hybridized carbons (Fsp3) is 0.167. The number of carbonyl (C=O) groups excluding carboxylic acids is 2. The van der Waals surface area contributed by atoms with E-state index in [1.807, 2.05) is 49.4 Å². The van der Waals surface area contributed by atoms with Gasteiger partial charge in [0.15, 0.2) is 11.5 Å². The molecule has 0 bridgehead atoms. The summed E-state index contributed by atoms with van der Waals surface area (Å²) in [6.45, 7) is 1.95. The highest BCUT2D eigenvalue weighted by Gasteiger charge is 2.12. The molecule has 3 aromatic carbocycles. The molecule has 3 rings (SSSR count). The summed E-state index contributed by atoms with van der Waals surface area (Å²) in [6, 6.07) is 20.0. The van der Waals surface area contributed by atoms with Crippen molar-refractivity contribution in [3.63, 3.8) is 0 Å². The predicted molar refractivity (Wildman–Crippen MR) is 124 cm³/mol. The van der Waals surface area contributed by atoms with Crippen LogP contribution in [-0.4, -0.2) is 31.8 Å². The van der Waals surface area contributed by atoms with Crippen LogP contribution in [0.4, 0.5) is 11.4 Å². The zero-order valence-corrected chi connectivity index (χ0v) is 18.4. The van der Waals surface area contributed by atoms with Gasteiger partial charge in [-0.15, -0.1) is 11.8 Å². The molecule has 0 aliphatic heterocycles. The molecule has 0 aliphatic carbocycles. The minimum Gasteiger partial charge on any atom is -0.493 e. The van der Waals surface area contributed by atoms with Crippen molar-refractivity contribution in [3.8, 4) is 11.5 Å². The van der Waals surface area contributed by atoms with Crippen molar-refractivity contribution < 1.29 is 19.1 Å². The van der Waals surface area contributed by atoms with Gasteiger partial charge in [-0.05, 0) is 55.0 Å². The topological polar surface area (TPSA) is 76.7 Å². The SMILES string of the molecule is COc1ccc(C(=O)Nc2cccc(SCC(=O)Nc3ccccc3C)c2)cc1OC. The van der Waals surface area contributed by atoms with Crippen LogP contribution in [0, 0.1) is 6.92 Å². The maximum atomic E-state index is 12.6. The summed E-state index contributed by atoms with van der Waals surface area (Å²) in [5.74, 6) is 0.960. The van der Waals surface area contributed by atoms with Crippen LogP contribution >= 0.6 is 11.8 Å². The number of para-hydroxylation sites is 1. The molecule has 0 saturated carbocycles. The van der Waals surface area contributed by atoms with Gasteiger partial charge in [0.05, 0.1) is 20.0 Å². The molecule has 2 amide bonds. The molecule has 31 heavy (non-hydrogen) atoms. The number of hydrogen-bond donors (Lipinski definition) is 2. The van der Waals surface area contributed by atoms with Gasteiger partial charge < -0.3 is 20.1 Å². The number of nitrogens with one attached hydrogen (secondary N) is 2. The number of rotatable bonds is 8. The van der Waals surface area contributed by atoms with Crippen LogP contribution in [0.2, 0.25) is 0 Å². The Bertz CT molecular complexity index is 1080. The Morgan fingerprint density at radius 1 is 0.871 bits per heavy atom. The number of benzene rings is 3. The molecule has 0 heterocycles. The Kier molecular flexibility index (Phi) is 7.56. The highest BCUT2D eigenvalue weighted by molar-refractivity contribution is 8.00. The van der Waals surface area contributed by atoms with E-state index in [1.54, 1.807) is 31.4 Å². The third-order valence-electron chi connectivity index (χ3n) is 4.53. The van der Waals surface area contributed by atoms with Gasteiger partial charge in [0.25, 0.3) is 5.91 Å². The Labute approximate surface area is 186 Å². The van der Waals surface area contributed by atoms with Crippen molar-refractivity contribution >= 4 is 35.0 Å². The zero-order valence-electron chi connectivity index (χ0n) is 17.6. The number of ether oxygens (including phenoxy) is 2. The summed E-state index contributed by atoms with van der Waals surface area (Å²) < 4.78 is 10.5. The van der Waals surface area contributed by atoms with E-state index in [9.17, 15) is 9.59 Å². The molecular formula is C24H24N2O4S. The number of aryl methyl sites for hydroxylation is 1. The predicted octanol–water partition coefficient (Wildman–Crippen LogP) is 5.00. The first-order valence-electron chi connectivity index (χ1n) is 9.62. The maximum Gasteiger partial charge on any atom is 0.255 e. The Morgan fingerprint density at radius 3 is 2.39 bits per heavy atom. The van der Waals surface area contributed by atoms with E-state index in [2.05, 4.69) is 10.6 Å². The lowest BCUT2D eigenvalue weighted by Gasteiger charge is -2.11. The van der Waals surface area contributed by atoms with Crippen molar-refractivity contribution in [1.82, 2.24) is 0 Å². The molecule has 2 N–H and O–H groups in total. The van der Waals surface area contributed by atoms with Crippen molar-refractivity contribution in [1.29, 1.82) is 0 Å². The monoisotopic (exact) mass is 436 g/mol. The third-order valence-corrected chi connectivity index (χ3v) is 5.52. The largest absolute Gasteiger partial charge is 0.493 e. The second kappa shape index (κ2) is 10.5. The molecule has 3 aromatic rings. The van der Waals surface area contributed by atoms with Gasteiger partial charge in [0.2, 0.25) is 5.91 Å². The summed E-state index contributed by atoms with van der Waals surface area (Å²) >= 11 is 1.40. The minimum atomic E-state index is -0.264. The van der Waals surface area contributed by atoms with E-state index in [0.717, 1.165) is 16.1 Å². The number of hydrogen-bond acceptors (Lipinski definition) is 5. The zero-order chi connectivity index (χ0) is 22.2. The Balaban J connectivity index is 1.60. The second-order valence-electron chi connectivity index (χ2n) is 6.70. The van der Waals surface area contributed by atoms with Crippen LogP contribution in [-0.2, 0) is 4.79 Å². The highest BCUT2D eigenvalue weighted by atomic mass is 32.2. The van der Waals surface area contributed by atoms with E-state index in [4.69, 9.17) is 9.47 Å².